The van der Waals surface area contributed by atoms with E-state index in [4.69, 9.17) is 10.00 Å². The number of imidazole rings is 1. The molecule has 22 heavy (non-hydrogen) atoms. The Bertz CT molecular complexity index is 933. The van der Waals surface area contributed by atoms with Gasteiger partial charge in [-0.05, 0) is 28.1 Å². The molecule has 8 heteroatoms. The van der Waals surface area contributed by atoms with Gasteiger partial charge in [0.25, 0.3) is 0 Å². The van der Waals surface area contributed by atoms with E-state index in [0.717, 1.165) is 12.1 Å². The minimum absolute atomic E-state index is 0.00387. The Balaban J connectivity index is 2.13. The van der Waals surface area contributed by atoms with Crippen LogP contribution in [-0.4, -0.2) is 9.97 Å². The summed E-state index contributed by atoms with van der Waals surface area (Å²) in [7, 11) is 0. The Hall–Kier alpha value is -2.53. The zero-order valence-corrected chi connectivity index (χ0v) is 12.2. The molecule has 0 aliphatic rings. The van der Waals surface area contributed by atoms with Gasteiger partial charge < -0.3 is 9.72 Å². The molecule has 2 aromatic carbocycles. The number of nitriles is 1. The SMILES string of the molecule is N#Cc1cc(Oc2c(F)c(F)c3nc[nH]c3c2Br)ccc1F. The topological polar surface area (TPSA) is 61.7 Å². The molecule has 0 unspecified atom stereocenters. The third-order valence-electron chi connectivity index (χ3n) is 2.94. The quantitative estimate of drug-likeness (QED) is 0.682. The molecule has 0 aliphatic heterocycles. The molecule has 1 heterocycles. The predicted octanol–water partition coefficient (Wildman–Crippen LogP) is 4.41. The van der Waals surface area contributed by atoms with Crippen molar-refractivity contribution in [1.82, 2.24) is 9.97 Å². The summed E-state index contributed by atoms with van der Waals surface area (Å²) in [5.74, 6) is -3.57. The number of hydrogen-bond donors (Lipinski definition) is 1. The molecule has 4 nitrogen and oxygen atoms in total. The van der Waals surface area contributed by atoms with E-state index in [1.807, 2.05) is 0 Å². The Labute approximate surface area is 130 Å². The van der Waals surface area contributed by atoms with Gasteiger partial charge in [-0.1, -0.05) is 0 Å². The molecule has 0 radical (unpaired) electrons. The van der Waals surface area contributed by atoms with Crippen molar-refractivity contribution in [1.29, 1.82) is 5.26 Å². The molecule has 0 amide bonds. The van der Waals surface area contributed by atoms with E-state index in [1.165, 1.54) is 12.4 Å². The maximum absolute atomic E-state index is 14.1. The summed E-state index contributed by atoms with van der Waals surface area (Å²) in [6.45, 7) is 0. The van der Waals surface area contributed by atoms with E-state index in [9.17, 15) is 13.2 Å². The van der Waals surface area contributed by atoms with Crippen molar-refractivity contribution in [3.05, 3.63) is 52.0 Å². The van der Waals surface area contributed by atoms with Crippen molar-refractivity contribution in [2.75, 3.05) is 0 Å². The lowest BCUT2D eigenvalue weighted by molar-refractivity contribution is 0.416. The molecule has 0 fully saturated rings. The van der Waals surface area contributed by atoms with Gasteiger partial charge in [-0.15, -0.1) is 0 Å². The van der Waals surface area contributed by atoms with Gasteiger partial charge in [0, 0.05) is 6.07 Å². The van der Waals surface area contributed by atoms with Gasteiger partial charge in [0.15, 0.2) is 11.6 Å². The highest BCUT2D eigenvalue weighted by molar-refractivity contribution is 9.10. The molecule has 0 spiro atoms. The van der Waals surface area contributed by atoms with Gasteiger partial charge >= 0.3 is 0 Å². The Kier molecular flexibility index (Phi) is 3.50. The van der Waals surface area contributed by atoms with Crippen LogP contribution >= 0.6 is 15.9 Å². The standard InChI is InChI=1S/C14H5BrF3N3O/c15-9-12-13(21-5-20-12)10(17)11(18)14(9)22-7-1-2-8(16)6(3-7)4-19/h1-3,5H,(H,20,21). The van der Waals surface area contributed by atoms with Crippen LogP contribution < -0.4 is 4.74 Å². The van der Waals surface area contributed by atoms with E-state index in [-0.39, 0.29) is 26.8 Å². The lowest BCUT2D eigenvalue weighted by atomic mass is 10.2. The van der Waals surface area contributed by atoms with Gasteiger partial charge in [0.2, 0.25) is 5.82 Å². The molecule has 0 saturated heterocycles. The number of H-pyrrole nitrogens is 1. The maximum atomic E-state index is 14.1. The number of nitrogens with zero attached hydrogens (tertiary/aromatic N) is 2. The van der Waals surface area contributed by atoms with Gasteiger partial charge in [0.05, 0.1) is 21.9 Å². The summed E-state index contributed by atoms with van der Waals surface area (Å²) in [6, 6.07) is 4.94. The van der Waals surface area contributed by atoms with E-state index in [1.54, 1.807) is 6.07 Å². The second-order valence-corrected chi connectivity index (χ2v) is 5.05. The van der Waals surface area contributed by atoms with Crippen LogP contribution in [0.1, 0.15) is 5.56 Å². The van der Waals surface area contributed by atoms with Crippen molar-refractivity contribution in [3.8, 4) is 17.6 Å². The second kappa shape index (κ2) is 5.35. The summed E-state index contributed by atoms with van der Waals surface area (Å²) in [4.78, 5) is 6.34. The number of fused-ring (bicyclic) bond motifs is 1. The minimum atomic E-state index is -1.24. The number of benzene rings is 2. The molecule has 0 bridgehead atoms. The first-order valence-electron chi connectivity index (χ1n) is 5.90. The molecule has 0 saturated carbocycles. The summed E-state index contributed by atoms with van der Waals surface area (Å²) in [6.07, 6.45) is 1.22. The van der Waals surface area contributed by atoms with Crippen molar-refractivity contribution >= 4 is 27.0 Å². The average Bonchev–Trinajstić information content (AvgIpc) is 3.01. The van der Waals surface area contributed by atoms with Crippen LogP contribution in [0.3, 0.4) is 0 Å². The van der Waals surface area contributed by atoms with E-state index in [2.05, 4.69) is 25.9 Å². The van der Waals surface area contributed by atoms with Crippen LogP contribution in [0, 0.1) is 28.8 Å². The monoisotopic (exact) mass is 367 g/mol. The van der Waals surface area contributed by atoms with Crippen LogP contribution in [0.15, 0.2) is 29.0 Å². The highest BCUT2D eigenvalue weighted by Gasteiger charge is 2.22. The highest BCUT2D eigenvalue weighted by Crippen LogP contribution is 2.39. The molecule has 110 valence electrons. The molecule has 1 aromatic heterocycles. The van der Waals surface area contributed by atoms with Crippen LogP contribution in [0.5, 0.6) is 11.5 Å². The fourth-order valence-electron chi connectivity index (χ4n) is 1.90. The Morgan fingerprint density at radius 1 is 1.23 bits per heavy atom. The van der Waals surface area contributed by atoms with Crippen LogP contribution in [0.25, 0.3) is 11.0 Å². The van der Waals surface area contributed by atoms with Gasteiger partial charge in [-0.25, -0.2) is 13.8 Å². The van der Waals surface area contributed by atoms with Gasteiger partial charge in [-0.3, -0.25) is 0 Å². The third-order valence-corrected chi connectivity index (χ3v) is 3.69. The third kappa shape index (κ3) is 2.19. The number of aromatic amines is 1. The molecule has 3 rings (SSSR count). The number of ether oxygens (including phenoxy) is 1. The van der Waals surface area contributed by atoms with Crippen LogP contribution in [-0.2, 0) is 0 Å². The van der Waals surface area contributed by atoms with E-state index in [0.29, 0.717) is 0 Å². The molecule has 0 aliphatic carbocycles. The molecule has 1 N–H and O–H groups in total. The Morgan fingerprint density at radius 2 is 2.00 bits per heavy atom. The summed E-state index contributed by atoms with van der Waals surface area (Å²) in [5.41, 5.74) is -0.220. The summed E-state index contributed by atoms with van der Waals surface area (Å²) >= 11 is 3.11. The van der Waals surface area contributed by atoms with E-state index >= 15 is 0 Å². The largest absolute Gasteiger partial charge is 0.453 e. The van der Waals surface area contributed by atoms with Crippen molar-refractivity contribution < 1.29 is 17.9 Å². The predicted molar refractivity (Wildman–Crippen MR) is 74.9 cm³/mol. The van der Waals surface area contributed by atoms with Crippen molar-refractivity contribution in [2.45, 2.75) is 0 Å². The smallest absolute Gasteiger partial charge is 0.204 e. The van der Waals surface area contributed by atoms with Gasteiger partial charge in [0.1, 0.15) is 23.2 Å². The highest BCUT2D eigenvalue weighted by atomic mass is 79.9. The fourth-order valence-corrected chi connectivity index (χ4v) is 2.46. The summed E-state index contributed by atoms with van der Waals surface area (Å²) < 4.78 is 46.7. The zero-order valence-electron chi connectivity index (χ0n) is 10.6. The summed E-state index contributed by atoms with van der Waals surface area (Å²) in [5, 5.41) is 8.77. The van der Waals surface area contributed by atoms with E-state index < -0.39 is 23.2 Å². The molecular weight excluding hydrogens is 363 g/mol. The van der Waals surface area contributed by atoms with Gasteiger partial charge in [-0.2, -0.15) is 9.65 Å². The van der Waals surface area contributed by atoms with Crippen molar-refractivity contribution in [2.24, 2.45) is 0 Å². The zero-order chi connectivity index (χ0) is 15.9. The number of halogens is 4. The lowest BCUT2D eigenvalue weighted by Gasteiger charge is -2.10. The first-order chi connectivity index (χ1) is 10.5. The first kappa shape index (κ1) is 14.4. The minimum Gasteiger partial charge on any atom is -0.453 e. The van der Waals surface area contributed by atoms with Crippen LogP contribution in [0.2, 0.25) is 0 Å². The number of nitrogens with one attached hydrogen (secondary N) is 1. The molecular formula is C14H5BrF3N3O. The second-order valence-electron chi connectivity index (χ2n) is 4.25. The van der Waals surface area contributed by atoms with Crippen molar-refractivity contribution in [3.63, 3.8) is 0 Å². The molecule has 0 atom stereocenters. The fraction of sp³-hybridized carbons (Fsp3) is 0. The average molecular weight is 368 g/mol. The normalized spacial score (nSPS) is 10.7. The number of rotatable bonds is 2. The molecule has 3 aromatic rings. The Morgan fingerprint density at radius 3 is 2.73 bits per heavy atom. The number of aromatic nitrogens is 2. The number of hydrogen-bond acceptors (Lipinski definition) is 3. The maximum Gasteiger partial charge on any atom is 0.204 e. The lowest BCUT2D eigenvalue weighted by Crippen LogP contribution is -1.96. The first-order valence-corrected chi connectivity index (χ1v) is 6.69. The van der Waals surface area contributed by atoms with Crippen LogP contribution in [0.4, 0.5) is 13.2 Å².